The second-order valence-electron chi connectivity index (χ2n) is 9.17. The summed E-state index contributed by atoms with van der Waals surface area (Å²) in [6.07, 6.45) is 6.00. The van der Waals surface area contributed by atoms with Crippen LogP contribution in [0.15, 0.2) is 30.5 Å². The Hall–Kier alpha value is -3.22. The molecule has 0 saturated carbocycles. The number of para-hydroxylation sites is 1. The molecule has 0 bridgehead atoms. The van der Waals surface area contributed by atoms with E-state index in [9.17, 15) is 9.59 Å². The van der Waals surface area contributed by atoms with Gasteiger partial charge in [-0.05, 0) is 76.6 Å². The quantitative estimate of drug-likeness (QED) is 0.587. The third-order valence-corrected chi connectivity index (χ3v) is 6.50. The molecule has 2 aromatic heterocycles. The second kappa shape index (κ2) is 9.73. The Kier molecular flexibility index (Phi) is 6.77. The molecule has 0 unspecified atom stereocenters. The zero-order valence-corrected chi connectivity index (χ0v) is 20.0. The number of carbonyl (C=O) groups is 2. The van der Waals surface area contributed by atoms with E-state index in [0.29, 0.717) is 24.1 Å². The van der Waals surface area contributed by atoms with E-state index >= 15 is 0 Å². The van der Waals surface area contributed by atoms with Crippen LogP contribution < -0.4 is 5.32 Å². The van der Waals surface area contributed by atoms with Crippen molar-refractivity contribution in [2.75, 3.05) is 18.4 Å². The first-order valence-electron chi connectivity index (χ1n) is 11.9. The molecule has 33 heavy (non-hydrogen) atoms. The lowest BCUT2D eigenvalue weighted by atomic mass is 10.00. The fraction of sp³-hybridized carbons (Fsp3) is 0.462. The molecular weight excluding hydrogens is 414 g/mol. The van der Waals surface area contributed by atoms with Crippen molar-refractivity contribution in [2.24, 2.45) is 0 Å². The molecule has 3 heterocycles. The minimum Gasteiger partial charge on any atom is -0.339 e. The van der Waals surface area contributed by atoms with Crippen LogP contribution in [0.5, 0.6) is 0 Å². The SMILES string of the molecule is Cc1nc2c(cnn2C(C)C)c(C)c1CCC(=O)Nc1ccccc1C(=O)N1CCCCC1. The molecule has 1 fully saturated rings. The number of hydrogen-bond acceptors (Lipinski definition) is 4. The van der Waals surface area contributed by atoms with Crippen LogP contribution >= 0.6 is 0 Å². The zero-order valence-electron chi connectivity index (χ0n) is 20.0. The Labute approximate surface area is 195 Å². The van der Waals surface area contributed by atoms with Crippen molar-refractivity contribution < 1.29 is 9.59 Å². The molecule has 1 saturated heterocycles. The minimum atomic E-state index is -0.106. The molecular formula is C26H33N5O2. The standard InChI is InChI=1S/C26H33N5O2/c1-17(2)31-25-22(16-27-31)18(3)20(19(4)28-25)12-13-24(32)29-23-11-7-6-10-21(23)26(33)30-14-8-5-9-15-30/h6-7,10-11,16-17H,5,8-9,12-15H2,1-4H3,(H,29,32). The van der Waals surface area contributed by atoms with Crippen molar-refractivity contribution in [2.45, 2.75) is 65.8 Å². The van der Waals surface area contributed by atoms with E-state index in [-0.39, 0.29) is 17.9 Å². The molecule has 3 aromatic rings. The van der Waals surface area contributed by atoms with Gasteiger partial charge in [0.1, 0.15) is 0 Å². The van der Waals surface area contributed by atoms with Crippen LogP contribution in [0.1, 0.15) is 72.8 Å². The maximum absolute atomic E-state index is 13.0. The number of aromatic nitrogens is 3. The van der Waals surface area contributed by atoms with Crippen molar-refractivity contribution in [1.82, 2.24) is 19.7 Å². The van der Waals surface area contributed by atoms with Gasteiger partial charge in [0, 0.05) is 36.6 Å². The first-order chi connectivity index (χ1) is 15.9. The van der Waals surface area contributed by atoms with Gasteiger partial charge in [0.05, 0.1) is 17.4 Å². The number of pyridine rings is 1. The van der Waals surface area contributed by atoms with E-state index < -0.39 is 0 Å². The Morgan fingerprint density at radius 2 is 1.82 bits per heavy atom. The number of piperidine rings is 1. The molecule has 1 aliphatic heterocycles. The highest BCUT2D eigenvalue weighted by atomic mass is 16.2. The molecule has 4 rings (SSSR count). The van der Waals surface area contributed by atoms with E-state index in [1.54, 1.807) is 12.1 Å². The number of aryl methyl sites for hydroxylation is 2. The summed E-state index contributed by atoms with van der Waals surface area (Å²) in [5.74, 6) is -0.111. The van der Waals surface area contributed by atoms with Crippen LogP contribution in [0.25, 0.3) is 11.0 Å². The summed E-state index contributed by atoms with van der Waals surface area (Å²) in [5.41, 5.74) is 5.16. The van der Waals surface area contributed by atoms with Gasteiger partial charge in [-0.15, -0.1) is 0 Å². The van der Waals surface area contributed by atoms with Crippen LogP contribution in [0.2, 0.25) is 0 Å². The number of rotatable bonds is 6. The summed E-state index contributed by atoms with van der Waals surface area (Å²) >= 11 is 0. The van der Waals surface area contributed by atoms with E-state index in [1.165, 1.54) is 6.42 Å². The van der Waals surface area contributed by atoms with Crippen molar-refractivity contribution in [3.63, 3.8) is 0 Å². The molecule has 0 spiro atoms. The summed E-state index contributed by atoms with van der Waals surface area (Å²) in [4.78, 5) is 32.5. The van der Waals surface area contributed by atoms with Crippen molar-refractivity contribution in [1.29, 1.82) is 0 Å². The first-order valence-corrected chi connectivity index (χ1v) is 11.9. The monoisotopic (exact) mass is 447 g/mol. The molecule has 2 amide bonds. The van der Waals surface area contributed by atoms with Crippen LogP contribution in [-0.4, -0.2) is 44.6 Å². The maximum atomic E-state index is 13.0. The van der Waals surface area contributed by atoms with Crippen molar-refractivity contribution in [3.05, 3.63) is 52.8 Å². The van der Waals surface area contributed by atoms with E-state index in [1.807, 2.05) is 34.8 Å². The van der Waals surface area contributed by atoms with E-state index in [0.717, 1.165) is 53.8 Å². The molecule has 0 aliphatic carbocycles. The molecule has 7 heteroatoms. The predicted molar refractivity (Wildman–Crippen MR) is 131 cm³/mol. The average molecular weight is 448 g/mol. The minimum absolute atomic E-state index is 0.00546. The van der Waals surface area contributed by atoms with Crippen LogP contribution in [0.4, 0.5) is 5.69 Å². The molecule has 1 aliphatic rings. The third-order valence-electron chi connectivity index (χ3n) is 6.50. The normalized spacial score (nSPS) is 14.2. The second-order valence-corrected chi connectivity index (χ2v) is 9.17. The summed E-state index contributed by atoms with van der Waals surface area (Å²) < 4.78 is 1.93. The van der Waals surface area contributed by atoms with Gasteiger partial charge < -0.3 is 10.2 Å². The van der Waals surface area contributed by atoms with Crippen molar-refractivity contribution in [3.8, 4) is 0 Å². The largest absolute Gasteiger partial charge is 0.339 e. The number of nitrogens with zero attached hydrogens (tertiary/aromatic N) is 4. The van der Waals surface area contributed by atoms with Gasteiger partial charge in [-0.25, -0.2) is 9.67 Å². The number of carbonyl (C=O) groups excluding carboxylic acids is 2. The van der Waals surface area contributed by atoms with Gasteiger partial charge in [0.2, 0.25) is 5.91 Å². The van der Waals surface area contributed by atoms with Gasteiger partial charge in [-0.1, -0.05) is 12.1 Å². The number of fused-ring (bicyclic) bond motifs is 1. The predicted octanol–water partition coefficient (Wildman–Crippen LogP) is 4.83. The lowest BCUT2D eigenvalue weighted by Crippen LogP contribution is -2.36. The number of hydrogen-bond donors (Lipinski definition) is 1. The van der Waals surface area contributed by atoms with Crippen LogP contribution in [0.3, 0.4) is 0 Å². The smallest absolute Gasteiger partial charge is 0.255 e. The number of anilines is 1. The topological polar surface area (TPSA) is 80.1 Å². The number of likely N-dealkylation sites (tertiary alicyclic amines) is 1. The van der Waals surface area contributed by atoms with Gasteiger partial charge in [-0.2, -0.15) is 5.10 Å². The highest BCUT2D eigenvalue weighted by Gasteiger charge is 2.21. The molecule has 1 aromatic carbocycles. The molecule has 0 radical (unpaired) electrons. The number of amides is 2. The molecule has 0 atom stereocenters. The van der Waals surface area contributed by atoms with Crippen LogP contribution in [-0.2, 0) is 11.2 Å². The lowest BCUT2D eigenvalue weighted by molar-refractivity contribution is -0.116. The molecule has 1 N–H and O–H groups in total. The fourth-order valence-corrected chi connectivity index (χ4v) is 4.64. The maximum Gasteiger partial charge on any atom is 0.255 e. The Morgan fingerprint density at radius 1 is 1.09 bits per heavy atom. The highest BCUT2D eigenvalue weighted by Crippen LogP contribution is 2.26. The molecule has 174 valence electrons. The zero-order chi connectivity index (χ0) is 23.5. The van der Waals surface area contributed by atoms with E-state index in [4.69, 9.17) is 4.98 Å². The van der Waals surface area contributed by atoms with Gasteiger partial charge >= 0.3 is 0 Å². The fourth-order valence-electron chi connectivity index (χ4n) is 4.64. The van der Waals surface area contributed by atoms with Gasteiger partial charge in [0.25, 0.3) is 5.91 Å². The lowest BCUT2D eigenvalue weighted by Gasteiger charge is -2.27. The average Bonchev–Trinajstić information content (AvgIpc) is 3.23. The Balaban J connectivity index is 1.47. The van der Waals surface area contributed by atoms with Crippen molar-refractivity contribution >= 4 is 28.5 Å². The molecule has 7 nitrogen and oxygen atoms in total. The summed E-state index contributed by atoms with van der Waals surface area (Å²) in [6.45, 7) is 9.80. The summed E-state index contributed by atoms with van der Waals surface area (Å²) in [6, 6.07) is 7.53. The highest BCUT2D eigenvalue weighted by molar-refractivity contribution is 6.03. The van der Waals surface area contributed by atoms with Crippen LogP contribution in [0, 0.1) is 13.8 Å². The van der Waals surface area contributed by atoms with Gasteiger partial charge in [0.15, 0.2) is 5.65 Å². The van der Waals surface area contributed by atoms with Gasteiger partial charge in [-0.3, -0.25) is 9.59 Å². The third kappa shape index (κ3) is 4.77. The summed E-state index contributed by atoms with van der Waals surface area (Å²) in [7, 11) is 0. The Morgan fingerprint density at radius 3 is 2.55 bits per heavy atom. The Bertz CT molecular complexity index is 1170. The number of benzene rings is 1. The first kappa shape index (κ1) is 23.0. The summed E-state index contributed by atoms with van der Waals surface area (Å²) in [5, 5.41) is 8.50. The van der Waals surface area contributed by atoms with E-state index in [2.05, 4.69) is 31.2 Å². The number of nitrogens with one attached hydrogen (secondary N) is 1.